The molecule has 1 aromatic rings. The summed E-state index contributed by atoms with van der Waals surface area (Å²) < 4.78 is 1.90. The van der Waals surface area contributed by atoms with Crippen molar-refractivity contribution in [2.45, 2.75) is 46.1 Å². The molecule has 2 bridgehead atoms. The molecule has 0 saturated heterocycles. The van der Waals surface area contributed by atoms with Crippen LogP contribution in [0, 0.1) is 37.0 Å². The molecule has 3 aliphatic carbocycles. The van der Waals surface area contributed by atoms with Crippen molar-refractivity contribution in [3.8, 4) is 0 Å². The van der Waals surface area contributed by atoms with Crippen LogP contribution in [0.3, 0.4) is 0 Å². The van der Waals surface area contributed by atoms with Gasteiger partial charge in [0, 0.05) is 24.2 Å². The topological polar surface area (TPSA) is 46.9 Å². The summed E-state index contributed by atoms with van der Waals surface area (Å²) in [7, 11) is 1.96. The number of nitrogens with zero attached hydrogens (tertiary/aromatic N) is 2. The Hall–Kier alpha value is -1.58. The third-order valence-corrected chi connectivity index (χ3v) is 6.42. The van der Waals surface area contributed by atoms with Gasteiger partial charge in [-0.3, -0.25) is 9.48 Å². The Morgan fingerprint density at radius 1 is 1.41 bits per heavy atom. The molecule has 118 valence electrons. The van der Waals surface area contributed by atoms with Crippen molar-refractivity contribution in [3.63, 3.8) is 0 Å². The molecule has 0 aromatic carbocycles. The number of rotatable bonds is 3. The zero-order valence-electron chi connectivity index (χ0n) is 13.9. The monoisotopic (exact) mass is 299 g/mol. The Kier molecular flexibility index (Phi) is 2.85. The molecule has 1 spiro atoms. The second kappa shape index (κ2) is 4.46. The van der Waals surface area contributed by atoms with Gasteiger partial charge in [0.05, 0.1) is 11.7 Å². The number of carbonyl (C=O) groups is 1. The summed E-state index contributed by atoms with van der Waals surface area (Å²) in [6.07, 6.45) is 8.35. The average Bonchev–Trinajstić information content (AvgIpc) is 3.05. The van der Waals surface area contributed by atoms with Crippen LogP contribution in [0.25, 0.3) is 0 Å². The second-order valence-electron chi connectivity index (χ2n) is 7.53. The molecular formula is C18H25N3O. The molecule has 2 fully saturated rings. The number of aromatic nitrogens is 2. The number of hydrogen-bond donors (Lipinski definition) is 1. The number of aryl methyl sites for hydroxylation is 2. The molecule has 1 aromatic heterocycles. The Bertz CT molecular complexity index is 668. The van der Waals surface area contributed by atoms with Crippen LogP contribution in [0.1, 0.15) is 49.2 Å². The maximum atomic E-state index is 12.8. The van der Waals surface area contributed by atoms with Gasteiger partial charge in [-0.05, 0) is 57.3 Å². The fourth-order valence-electron chi connectivity index (χ4n) is 5.08. The van der Waals surface area contributed by atoms with E-state index < -0.39 is 0 Å². The Morgan fingerprint density at radius 2 is 2.14 bits per heavy atom. The first-order valence-corrected chi connectivity index (χ1v) is 8.43. The van der Waals surface area contributed by atoms with Crippen molar-refractivity contribution < 1.29 is 4.79 Å². The van der Waals surface area contributed by atoms with E-state index in [2.05, 4.69) is 36.4 Å². The van der Waals surface area contributed by atoms with Crippen LogP contribution >= 0.6 is 0 Å². The van der Waals surface area contributed by atoms with Crippen LogP contribution in [0.5, 0.6) is 0 Å². The van der Waals surface area contributed by atoms with E-state index in [1.165, 1.54) is 12.8 Å². The van der Waals surface area contributed by atoms with Crippen molar-refractivity contribution in [1.82, 2.24) is 15.1 Å². The number of amides is 1. The van der Waals surface area contributed by atoms with Gasteiger partial charge in [0.15, 0.2) is 0 Å². The summed E-state index contributed by atoms with van der Waals surface area (Å²) in [5.41, 5.74) is 3.79. The highest BCUT2D eigenvalue weighted by atomic mass is 16.2. The highest BCUT2D eigenvalue weighted by Gasteiger charge is 2.64. The van der Waals surface area contributed by atoms with Gasteiger partial charge in [0.2, 0.25) is 5.91 Å². The summed E-state index contributed by atoms with van der Waals surface area (Å²) in [5, 5.41) is 7.72. The maximum Gasteiger partial charge on any atom is 0.224 e. The predicted octanol–water partition coefficient (Wildman–Crippen LogP) is 2.82. The standard InChI is InChI=1S/C18H25N3O/c1-10(16-11(2)20-21(4)12(16)3)19-17(22)14-9-13-5-6-15(14)18(13)7-8-18/h5-6,10,13-15H,7-9H2,1-4H3,(H,19,22). The van der Waals surface area contributed by atoms with E-state index in [-0.39, 0.29) is 17.9 Å². The van der Waals surface area contributed by atoms with Gasteiger partial charge in [-0.15, -0.1) is 0 Å². The molecule has 22 heavy (non-hydrogen) atoms. The largest absolute Gasteiger partial charge is 0.349 e. The zero-order chi connectivity index (χ0) is 15.6. The van der Waals surface area contributed by atoms with Gasteiger partial charge in [0.25, 0.3) is 0 Å². The first-order chi connectivity index (χ1) is 10.4. The smallest absolute Gasteiger partial charge is 0.224 e. The van der Waals surface area contributed by atoms with E-state index in [1.54, 1.807) is 0 Å². The first-order valence-electron chi connectivity index (χ1n) is 8.43. The van der Waals surface area contributed by atoms with Crippen molar-refractivity contribution in [3.05, 3.63) is 29.1 Å². The first kappa shape index (κ1) is 14.0. The molecule has 1 amide bonds. The molecule has 1 heterocycles. The van der Waals surface area contributed by atoms with Crippen LogP contribution < -0.4 is 5.32 Å². The predicted molar refractivity (Wildman–Crippen MR) is 85.1 cm³/mol. The number of allylic oxidation sites excluding steroid dienone is 2. The normalized spacial score (nSPS) is 31.7. The van der Waals surface area contributed by atoms with E-state index >= 15 is 0 Å². The van der Waals surface area contributed by atoms with Crippen LogP contribution in [0.2, 0.25) is 0 Å². The highest BCUT2D eigenvalue weighted by Crippen LogP contribution is 2.70. The number of hydrogen-bond acceptors (Lipinski definition) is 2. The minimum absolute atomic E-state index is 0.0273. The van der Waals surface area contributed by atoms with Gasteiger partial charge < -0.3 is 5.32 Å². The lowest BCUT2D eigenvalue weighted by atomic mass is 9.88. The molecule has 3 aliphatic rings. The van der Waals surface area contributed by atoms with Crippen LogP contribution in [-0.4, -0.2) is 15.7 Å². The van der Waals surface area contributed by atoms with Crippen LogP contribution in [0.15, 0.2) is 12.2 Å². The quantitative estimate of drug-likeness (QED) is 0.872. The van der Waals surface area contributed by atoms with Gasteiger partial charge >= 0.3 is 0 Å². The summed E-state index contributed by atoms with van der Waals surface area (Å²) in [5.74, 6) is 1.56. The van der Waals surface area contributed by atoms with Crippen LogP contribution in [0.4, 0.5) is 0 Å². The van der Waals surface area contributed by atoms with Gasteiger partial charge in [-0.25, -0.2) is 0 Å². The summed E-state index contributed by atoms with van der Waals surface area (Å²) in [4.78, 5) is 12.8. The Labute approximate surface area is 132 Å². The highest BCUT2D eigenvalue weighted by molar-refractivity contribution is 5.81. The number of carbonyl (C=O) groups excluding carboxylic acids is 1. The molecule has 4 unspecified atom stereocenters. The van der Waals surface area contributed by atoms with Crippen molar-refractivity contribution in [1.29, 1.82) is 0 Å². The fraction of sp³-hybridized carbons (Fsp3) is 0.667. The minimum atomic E-state index is 0.0273. The molecule has 2 saturated carbocycles. The maximum absolute atomic E-state index is 12.8. The molecular weight excluding hydrogens is 274 g/mol. The van der Waals surface area contributed by atoms with Gasteiger partial charge in [0.1, 0.15) is 0 Å². The number of nitrogens with one attached hydrogen (secondary N) is 1. The lowest BCUT2D eigenvalue weighted by molar-refractivity contribution is -0.126. The Balaban J connectivity index is 1.50. The molecule has 1 N–H and O–H groups in total. The van der Waals surface area contributed by atoms with E-state index in [4.69, 9.17) is 0 Å². The SMILES string of the molecule is Cc1nn(C)c(C)c1C(C)NC(=O)C1CC2C=CC1C21CC1. The molecule has 4 nitrogen and oxygen atoms in total. The van der Waals surface area contributed by atoms with Crippen LogP contribution in [-0.2, 0) is 11.8 Å². The summed E-state index contributed by atoms with van der Waals surface area (Å²) >= 11 is 0. The van der Waals surface area contributed by atoms with E-state index in [9.17, 15) is 4.79 Å². The minimum Gasteiger partial charge on any atom is -0.349 e. The third-order valence-electron chi connectivity index (χ3n) is 6.42. The molecule has 4 heteroatoms. The zero-order valence-corrected chi connectivity index (χ0v) is 13.9. The second-order valence-corrected chi connectivity index (χ2v) is 7.53. The molecule has 4 atom stereocenters. The van der Waals surface area contributed by atoms with E-state index in [0.29, 0.717) is 17.3 Å². The van der Waals surface area contributed by atoms with Gasteiger partial charge in [-0.1, -0.05) is 12.2 Å². The lowest BCUT2D eigenvalue weighted by Gasteiger charge is -2.22. The van der Waals surface area contributed by atoms with Crippen molar-refractivity contribution in [2.75, 3.05) is 0 Å². The third kappa shape index (κ3) is 1.76. The Morgan fingerprint density at radius 3 is 2.68 bits per heavy atom. The summed E-state index contributed by atoms with van der Waals surface area (Å²) in [6.45, 7) is 6.16. The van der Waals surface area contributed by atoms with Crippen molar-refractivity contribution >= 4 is 5.91 Å². The molecule has 0 radical (unpaired) electrons. The molecule has 4 rings (SSSR count). The van der Waals surface area contributed by atoms with E-state index in [1.807, 2.05) is 18.7 Å². The lowest BCUT2D eigenvalue weighted by Crippen LogP contribution is -2.35. The average molecular weight is 299 g/mol. The van der Waals surface area contributed by atoms with Gasteiger partial charge in [-0.2, -0.15) is 5.10 Å². The van der Waals surface area contributed by atoms with E-state index in [0.717, 1.165) is 23.4 Å². The fourth-order valence-corrected chi connectivity index (χ4v) is 5.08. The summed E-state index contributed by atoms with van der Waals surface area (Å²) in [6, 6.07) is 0.0273. The van der Waals surface area contributed by atoms with Crippen molar-refractivity contribution in [2.24, 2.45) is 30.2 Å². The molecule has 0 aliphatic heterocycles.